The first kappa shape index (κ1) is 59.9. The quantitative estimate of drug-likeness (QED) is 0.0176. The van der Waals surface area contributed by atoms with Crippen LogP contribution in [-0.4, -0.2) is 107 Å². The maximum atomic E-state index is 13.1. The van der Waals surface area contributed by atoms with Gasteiger partial charge in [-0.3, -0.25) is 14.4 Å². The fourth-order valence-corrected chi connectivity index (χ4v) is 7.14. The topological polar surface area (TPSA) is 197 Å². The maximum absolute atomic E-state index is 13.1. The third kappa shape index (κ3) is 19.6. The number of nitrogens with two attached hydrogens (primary N) is 1. The molecule has 0 saturated carbocycles. The molecule has 0 amide bonds. The zero-order valence-electron chi connectivity index (χ0n) is 39.5. The van der Waals surface area contributed by atoms with Crippen molar-refractivity contribution < 1.29 is 69.1 Å². The predicted molar refractivity (Wildman–Crippen MR) is 255 cm³/mol. The Morgan fingerprint density at radius 2 is 1.32 bits per heavy atom. The van der Waals surface area contributed by atoms with Crippen molar-refractivity contribution in [1.29, 1.82) is 0 Å². The van der Waals surface area contributed by atoms with Crippen molar-refractivity contribution >= 4 is 84.9 Å². The van der Waals surface area contributed by atoms with Crippen molar-refractivity contribution in [3.8, 4) is 11.5 Å². The monoisotopic (exact) mass is 1040 g/mol. The van der Waals surface area contributed by atoms with Crippen LogP contribution in [0.25, 0.3) is 21.9 Å². The number of Topliss-reactive ketones (excluding diaryl/α,β-unsaturated/α-hetero) is 2. The third-order valence-corrected chi connectivity index (χ3v) is 10.8. The molecule has 69 heavy (non-hydrogen) atoms. The number of fused-ring (bicyclic) bond motifs is 2. The van der Waals surface area contributed by atoms with Gasteiger partial charge in [-0.15, -0.1) is 22.9 Å². The van der Waals surface area contributed by atoms with Crippen LogP contribution < -0.4 is 20.1 Å². The van der Waals surface area contributed by atoms with Gasteiger partial charge < -0.3 is 43.9 Å². The molecule has 3 N–H and O–H groups in total. The van der Waals surface area contributed by atoms with Gasteiger partial charge in [0.2, 0.25) is 0 Å². The zero-order chi connectivity index (χ0) is 51.9. The summed E-state index contributed by atoms with van der Waals surface area (Å²) in [5.74, 6) is 0.158. The second kappa shape index (κ2) is 29.7. The first-order valence-corrected chi connectivity index (χ1v) is 23.6. The second-order valence-corrected chi connectivity index (χ2v) is 16.5. The summed E-state index contributed by atoms with van der Waals surface area (Å²) in [6.07, 6.45) is -5.12. The number of ether oxygens (including phenoxy) is 3. The number of aryl methyl sites for hydroxylation is 2. The molecule has 24 heteroatoms. The first-order valence-electron chi connectivity index (χ1n) is 21.8. The molecule has 0 unspecified atom stereocenters. The number of ketones is 2. The van der Waals surface area contributed by atoms with Gasteiger partial charge in [0.05, 0.1) is 42.2 Å². The fraction of sp³-hybridized carbons (Fsp3) is 0.533. The van der Waals surface area contributed by atoms with Crippen molar-refractivity contribution in [1.82, 2.24) is 20.2 Å². The number of halogens is 7. The number of carbonyl (C=O) groups is 3. The number of thiocarbonyl (C=S) groups is 1. The number of aromatic nitrogens is 3. The Labute approximate surface area is 410 Å². The van der Waals surface area contributed by atoms with E-state index in [1.807, 2.05) is 31.2 Å². The predicted octanol–water partition coefficient (Wildman–Crippen LogP) is 9.78. The second-order valence-electron chi connectivity index (χ2n) is 15.0. The molecule has 0 fully saturated rings. The maximum Gasteiger partial charge on any atom is 0.437 e. The first-order chi connectivity index (χ1) is 32.6. The molecule has 0 aliphatic heterocycles. The number of hydrogen-bond donors (Lipinski definition) is 2. The largest absolute Gasteiger partial charge is 0.493 e. The van der Waals surface area contributed by atoms with Crippen molar-refractivity contribution in [2.45, 2.75) is 98.3 Å². The van der Waals surface area contributed by atoms with Crippen LogP contribution in [0.2, 0.25) is 0 Å². The molecule has 0 bridgehead atoms. The lowest BCUT2D eigenvalue weighted by Crippen LogP contribution is -2.33. The molecule has 0 aliphatic carbocycles. The fourth-order valence-electron chi connectivity index (χ4n) is 6.14. The van der Waals surface area contributed by atoms with Crippen LogP contribution in [0.4, 0.5) is 31.5 Å². The average molecular weight is 1040 g/mol. The van der Waals surface area contributed by atoms with Gasteiger partial charge in [0, 0.05) is 56.7 Å². The van der Waals surface area contributed by atoms with E-state index in [1.54, 1.807) is 31.9 Å². The van der Waals surface area contributed by atoms with Gasteiger partial charge >= 0.3 is 18.3 Å². The highest BCUT2D eigenvalue weighted by atomic mass is 35.5. The van der Waals surface area contributed by atoms with E-state index in [1.165, 1.54) is 36.5 Å². The van der Waals surface area contributed by atoms with Crippen LogP contribution in [0.15, 0.2) is 38.7 Å². The van der Waals surface area contributed by atoms with Crippen molar-refractivity contribution in [3.05, 3.63) is 57.9 Å². The smallest absolute Gasteiger partial charge is 0.437 e. The Hall–Kier alpha value is -5.26. The molecule has 384 valence electrons. The number of aliphatic hydroxyl groups excluding tert-OH is 1. The van der Waals surface area contributed by atoms with Gasteiger partial charge in [0.1, 0.15) is 23.7 Å². The number of alkyl halides is 7. The summed E-state index contributed by atoms with van der Waals surface area (Å²) in [5, 5.41) is 16.9. The Morgan fingerprint density at radius 3 is 1.72 bits per heavy atom. The van der Waals surface area contributed by atoms with E-state index in [4.69, 9.17) is 53.2 Å². The van der Waals surface area contributed by atoms with Gasteiger partial charge in [-0.1, -0.05) is 37.0 Å². The molecule has 0 spiro atoms. The summed E-state index contributed by atoms with van der Waals surface area (Å²) in [4.78, 5) is 40.3. The molecule has 0 atom stereocenters. The summed E-state index contributed by atoms with van der Waals surface area (Å²) < 4.78 is 104. The number of anilines is 1. The average Bonchev–Trinajstić information content (AvgIpc) is 4.05. The summed E-state index contributed by atoms with van der Waals surface area (Å²) in [6.45, 7) is 11.4. The summed E-state index contributed by atoms with van der Waals surface area (Å²) >= 11 is 11.5. The number of carbonyl (C=O) groups excluding carboxylic acids is 3. The minimum Gasteiger partial charge on any atom is -0.493 e. The van der Waals surface area contributed by atoms with Crippen LogP contribution >= 0.6 is 35.2 Å². The molecule has 15 nitrogen and oxygen atoms in total. The summed E-state index contributed by atoms with van der Waals surface area (Å²) in [6, 6.07) is 5.78. The Balaban J connectivity index is 0.000000383. The molecule has 2 aromatic carbocycles. The number of thiazole rings is 1. The number of rotatable bonds is 21. The van der Waals surface area contributed by atoms with Crippen LogP contribution in [0.1, 0.15) is 94.9 Å². The Morgan fingerprint density at radius 1 is 0.841 bits per heavy atom. The number of aliphatic hydroxyl groups is 1. The normalized spacial score (nSPS) is 11.1. The zero-order valence-corrected chi connectivity index (χ0v) is 41.9. The van der Waals surface area contributed by atoms with Gasteiger partial charge in [-0.25, -0.2) is 4.98 Å². The molecule has 3 heterocycles. The molecule has 3 aromatic heterocycles. The van der Waals surface area contributed by atoms with Crippen LogP contribution in [0.5, 0.6) is 11.5 Å². The van der Waals surface area contributed by atoms with Crippen molar-refractivity contribution in [2.24, 2.45) is 5.73 Å². The van der Waals surface area contributed by atoms with E-state index < -0.39 is 29.7 Å². The van der Waals surface area contributed by atoms with Crippen molar-refractivity contribution in [2.75, 3.05) is 64.4 Å². The number of esters is 1. The molecular formula is C45H59ClF6N6O9S2. The molecule has 0 aliphatic rings. The minimum absolute atomic E-state index is 0.0449. The van der Waals surface area contributed by atoms with Gasteiger partial charge in [-0.05, 0) is 82.9 Å². The van der Waals surface area contributed by atoms with E-state index in [9.17, 15) is 40.7 Å². The highest BCUT2D eigenvalue weighted by Gasteiger charge is 2.39. The number of nitrogens with zero attached hydrogens (tertiary/aromatic N) is 5. The lowest BCUT2D eigenvalue weighted by atomic mass is 10.0. The van der Waals surface area contributed by atoms with Gasteiger partial charge in [0.15, 0.2) is 38.6 Å². The molecular weight excluding hydrogens is 982 g/mol. The molecule has 0 saturated heterocycles. The standard InChI is InChI=1S/C21H24F3N3O3S.C16H20F3N3O2S.C6H9ClO3.C2H6O/c1-4-6-15-17(8-7-16-18(15)30-26-19(16)21(22,23)24)29-10-5-9-27(3)20-25-14(12-31-20)11-13(2)28;1-3-5-10-12(23-9-4-8-22(2)15(20)25)7-6-11-13(10)24-21-14(11)16(17,18)19;1-2-10-6(9)3-5(8)4-7;1-2-3/h7-8,12H,4-6,9-11H2,1-3H3;6-7H,3-5,8-9H2,1-2H3,(H2,20,25);2-4H2,1H3;3H,2H2,1H3. The summed E-state index contributed by atoms with van der Waals surface area (Å²) in [7, 11) is 3.70. The molecule has 0 radical (unpaired) electrons. The lowest BCUT2D eigenvalue weighted by molar-refractivity contribution is -0.145. The summed E-state index contributed by atoms with van der Waals surface area (Å²) in [5.41, 5.74) is 5.70. The van der Waals surface area contributed by atoms with Gasteiger partial charge in [0.25, 0.3) is 0 Å². The highest BCUT2D eigenvalue weighted by Crippen LogP contribution is 2.39. The highest BCUT2D eigenvalue weighted by molar-refractivity contribution is 7.80. The Kier molecular flexibility index (Phi) is 25.8. The van der Waals surface area contributed by atoms with E-state index in [-0.39, 0.29) is 52.4 Å². The minimum atomic E-state index is -4.57. The van der Waals surface area contributed by atoms with Crippen LogP contribution in [0, 0.1) is 0 Å². The SMILES string of the molecule is CCCc1c(OCCCN(C)C(N)=S)ccc2c(C(F)(F)F)noc12.CCCc1c(OCCCN(C)c2nc(CC(C)=O)cs2)ccc2c(C(F)(F)F)noc12.CCO.CCOC(=O)CC(=O)CCl. The number of hydrogen-bond acceptors (Lipinski definition) is 15. The number of benzene rings is 2. The molecule has 5 aromatic rings. The molecule has 5 rings (SSSR count). The third-order valence-electron chi connectivity index (χ3n) is 9.20. The van der Waals surface area contributed by atoms with Gasteiger partial charge in [-0.2, -0.15) is 26.3 Å². The lowest BCUT2D eigenvalue weighted by Gasteiger charge is -2.17. The van der Waals surface area contributed by atoms with E-state index in [2.05, 4.69) is 20.0 Å². The van der Waals surface area contributed by atoms with Crippen molar-refractivity contribution in [3.63, 3.8) is 0 Å². The Bertz CT molecular complexity index is 2390. The van der Waals surface area contributed by atoms with E-state index in [0.717, 1.165) is 23.7 Å². The van der Waals surface area contributed by atoms with Crippen LogP contribution in [0.3, 0.4) is 0 Å². The van der Waals surface area contributed by atoms with E-state index >= 15 is 0 Å². The van der Waals surface area contributed by atoms with Crippen LogP contribution in [-0.2, 0) is 50.7 Å². The van der Waals surface area contributed by atoms with E-state index in [0.29, 0.717) is 92.8 Å².